The van der Waals surface area contributed by atoms with Gasteiger partial charge in [-0.25, -0.2) is 0 Å². The summed E-state index contributed by atoms with van der Waals surface area (Å²) < 4.78 is 0. The molecule has 1 amide bonds. The maximum absolute atomic E-state index is 11.7. The van der Waals surface area contributed by atoms with E-state index >= 15 is 0 Å². The molecule has 4 nitrogen and oxygen atoms in total. The minimum absolute atomic E-state index is 0.101. The molecule has 1 N–H and O–H groups in total. The monoisotopic (exact) mass is 279 g/mol. The quantitative estimate of drug-likeness (QED) is 0.621. The summed E-state index contributed by atoms with van der Waals surface area (Å²) in [6.07, 6.45) is 1.78. The standard InChI is InChI=1S/C17H17N3O/c1-3-13(2)17(21)18-14-9-11-16(12-10-14)20-19-15-7-5-4-6-8-15/h3-12H,1-2H3,(H,18,21). The van der Waals surface area contributed by atoms with Crippen LogP contribution in [0.5, 0.6) is 0 Å². The summed E-state index contributed by atoms with van der Waals surface area (Å²) in [5, 5.41) is 11.1. The van der Waals surface area contributed by atoms with Gasteiger partial charge in [-0.3, -0.25) is 4.79 Å². The average Bonchev–Trinajstić information content (AvgIpc) is 2.54. The van der Waals surface area contributed by atoms with Crippen molar-refractivity contribution in [1.82, 2.24) is 0 Å². The fourth-order valence-corrected chi connectivity index (χ4v) is 1.58. The van der Waals surface area contributed by atoms with Gasteiger partial charge in [-0.15, -0.1) is 0 Å². The molecule has 0 aliphatic heterocycles. The molecule has 0 radical (unpaired) electrons. The van der Waals surface area contributed by atoms with E-state index in [2.05, 4.69) is 15.5 Å². The minimum atomic E-state index is -0.101. The molecule has 0 spiro atoms. The van der Waals surface area contributed by atoms with E-state index in [1.54, 1.807) is 25.1 Å². The highest BCUT2D eigenvalue weighted by Crippen LogP contribution is 2.20. The summed E-state index contributed by atoms with van der Waals surface area (Å²) in [6, 6.07) is 16.8. The summed E-state index contributed by atoms with van der Waals surface area (Å²) in [4.78, 5) is 11.7. The third-order valence-corrected chi connectivity index (χ3v) is 2.95. The molecule has 0 heterocycles. The van der Waals surface area contributed by atoms with Crippen LogP contribution in [-0.4, -0.2) is 5.91 Å². The minimum Gasteiger partial charge on any atom is -0.322 e. The normalized spacial score (nSPS) is 11.6. The van der Waals surface area contributed by atoms with Crippen LogP contribution in [0.3, 0.4) is 0 Å². The Morgan fingerprint density at radius 1 is 0.952 bits per heavy atom. The fraction of sp³-hybridized carbons (Fsp3) is 0.118. The van der Waals surface area contributed by atoms with E-state index in [1.165, 1.54) is 0 Å². The van der Waals surface area contributed by atoms with Crippen LogP contribution in [0, 0.1) is 0 Å². The Bertz CT molecular complexity index is 658. The van der Waals surface area contributed by atoms with Crippen molar-refractivity contribution in [3.05, 3.63) is 66.2 Å². The van der Waals surface area contributed by atoms with Gasteiger partial charge in [0.15, 0.2) is 0 Å². The van der Waals surface area contributed by atoms with E-state index < -0.39 is 0 Å². The fourth-order valence-electron chi connectivity index (χ4n) is 1.58. The number of hydrogen-bond donors (Lipinski definition) is 1. The van der Waals surface area contributed by atoms with Crippen LogP contribution in [0.1, 0.15) is 13.8 Å². The van der Waals surface area contributed by atoms with Gasteiger partial charge in [-0.1, -0.05) is 24.3 Å². The molecule has 0 unspecified atom stereocenters. The van der Waals surface area contributed by atoms with Crippen molar-refractivity contribution in [2.75, 3.05) is 5.32 Å². The van der Waals surface area contributed by atoms with Crippen LogP contribution in [-0.2, 0) is 4.79 Å². The molecule has 0 aromatic heterocycles. The SMILES string of the molecule is CC=C(C)C(=O)Nc1ccc(N=Nc2ccccc2)cc1. The molecule has 0 aliphatic carbocycles. The number of amides is 1. The van der Waals surface area contributed by atoms with Gasteiger partial charge in [0.25, 0.3) is 5.91 Å². The van der Waals surface area contributed by atoms with Crippen LogP contribution in [0.15, 0.2) is 76.5 Å². The number of rotatable bonds is 4. The number of hydrogen-bond acceptors (Lipinski definition) is 3. The molecule has 2 aromatic carbocycles. The van der Waals surface area contributed by atoms with Crippen molar-refractivity contribution in [2.24, 2.45) is 10.2 Å². The number of allylic oxidation sites excluding steroid dienone is 1. The van der Waals surface area contributed by atoms with Crippen LogP contribution >= 0.6 is 0 Å². The van der Waals surface area contributed by atoms with Crippen LogP contribution in [0.25, 0.3) is 0 Å². The lowest BCUT2D eigenvalue weighted by molar-refractivity contribution is -0.112. The lowest BCUT2D eigenvalue weighted by Gasteiger charge is -2.04. The number of azo groups is 1. The first-order chi connectivity index (χ1) is 10.2. The molecule has 106 valence electrons. The Balaban J connectivity index is 2.02. The van der Waals surface area contributed by atoms with Crippen LogP contribution < -0.4 is 5.32 Å². The number of nitrogens with one attached hydrogen (secondary N) is 1. The van der Waals surface area contributed by atoms with Crippen molar-refractivity contribution in [2.45, 2.75) is 13.8 Å². The summed E-state index contributed by atoms with van der Waals surface area (Å²) in [5.41, 5.74) is 2.96. The maximum atomic E-state index is 11.7. The molecule has 21 heavy (non-hydrogen) atoms. The van der Waals surface area contributed by atoms with Gasteiger partial charge in [-0.05, 0) is 50.2 Å². The predicted octanol–water partition coefficient (Wildman–Crippen LogP) is 5.01. The Morgan fingerprint density at radius 3 is 2.10 bits per heavy atom. The molecule has 0 fully saturated rings. The summed E-state index contributed by atoms with van der Waals surface area (Å²) in [6.45, 7) is 3.61. The zero-order valence-corrected chi connectivity index (χ0v) is 12.1. The second-order valence-electron chi connectivity index (χ2n) is 4.51. The molecule has 0 bridgehead atoms. The smallest absolute Gasteiger partial charge is 0.250 e. The number of benzene rings is 2. The van der Waals surface area contributed by atoms with Gasteiger partial charge in [0.05, 0.1) is 11.4 Å². The molecule has 0 saturated heterocycles. The Labute approximate surface area is 124 Å². The lowest BCUT2D eigenvalue weighted by Crippen LogP contribution is -2.12. The molecular weight excluding hydrogens is 262 g/mol. The topological polar surface area (TPSA) is 53.8 Å². The number of carbonyl (C=O) groups excluding carboxylic acids is 1. The Hall–Kier alpha value is -2.75. The van der Waals surface area contributed by atoms with Gasteiger partial charge in [0, 0.05) is 11.3 Å². The third kappa shape index (κ3) is 4.38. The van der Waals surface area contributed by atoms with Gasteiger partial charge >= 0.3 is 0 Å². The highest BCUT2D eigenvalue weighted by molar-refractivity contribution is 6.03. The van der Waals surface area contributed by atoms with Crippen LogP contribution in [0.4, 0.5) is 17.1 Å². The molecule has 0 aliphatic rings. The third-order valence-electron chi connectivity index (χ3n) is 2.95. The van der Waals surface area contributed by atoms with E-state index in [0.717, 1.165) is 17.1 Å². The maximum Gasteiger partial charge on any atom is 0.250 e. The second kappa shape index (κ2) is 7.14. The number of nitrogens with zero attached hydrogens (tertiary/aromatic N) is 2. The number of carbonyl (C=O) groups is 1. The summed E-state index contributed by atoms with van der Waals surface area (Å²) in [5.74, 6) is -0.101. The molecule has 4 heteroatoms. The lowest BCUT2D eigenvalue weighted by atomic mass is 10.2. The van der Waals surface area contributed by atoms with Crippen molar-refractivity contribution in [1.29, 1.82) is 0 Å². The summed E-state index contributed by atoms with van der Waals surface area (Å²) in [7, 11) is 0. The highest BCUT2D eigenvalue weighted by atomic mass is 16.1. The average molecular weight is 279 g/mol. The Morgan fingerprint density at radius 2 is 1.52 bits per heavy atom. The zero-order valence-electron chi connectivity index (χ0n) is 12.1. The van der Waals surface area contributed by atoms with E-state index in [1.807, 2.05) is 49.4 Å². The van der Waals surface area contributed by atoms with Crippen LogP contribution in [0.2, 0.25) is 0 Å². The van der Waals surface area contributed by atoms with Crippen molar-refractivity contribution in [3.8, 4) is 0 Å². The highest BCUT2D eigenvalue weighted by Gasteiger charge is 2.03. The Kier molecular flexibility index (Phi) is 4.99. The van der Waals surface area contributed by atoms with Gasteiger partial charge in [0.2, 0.25) is 0 Å². The molecule has 0 atom stereocenters. The molecule has 0 saturated carbocycles. The summed E-state index contributed by atoms with van der Waals surface area (Å²) >= 11 is 0. The first-order valence-corrected chi connectivity index (χ1v) is 6.70. The van der Waals surface area contributed by atoms with Crippen molar-refractivity contribution in [3.63, 3.8) is 0 Å². The molecular formula is C17H17N3O. The zero-order chi connectivity index (χ0) is 15.1. The first kappa shape index (κ1) is 14.7. The van der Waals surface area contributed by atoms with E-state index in [4.69, 9.17) is 0 Å². The predicted molar refractivity (Wildman–Crippen MR) is 85.1 cm³/mol. The van der Waals surface area contributed by atoms with E-state index in [9.17, 15) is 4.79 Å². The van der Waals surface area contributed by atoms with Crippen molar-refractivity contribution >= 4 is 23.0 Å². The van der Waals surface area contributed by atoms with Gasteiger partial charge in [-0.2, -0.15) is 10.2 Å². The van der Waals surface area contributed by atoms with Gasteiger partial charge in [0.1, 0.15) is 0 Å². The largest absolute Gasteiger partial charge is 0.322 e. The molecule has 2 aromatic rings. The van der Waals surface area contributed by atoms with E-state index in [-0.39, 0.29) is 5.91 Å². The van der Waals surface area contributed by atoms with Crippen molar-refractivity contribution < 1.29 is 4.79 Å². The van der Waals surface area contributed by atoms with Gasteiger partial charge < -0.3 is 5.32 Å². The van der Waals surface area contributed by atoms with E-state index in [0.29, 0.717) is 5.57 Å². The first-order valence-electron chi connectivity index (χ1n) is 6.70. The molecule has 2 rings (SSSR count). The second-order valence-corrected chi connectivity index (χ2v) is 4.51. The number of anilines is 1.